The van der Waals surface area contributed by atoms with Crippen LogP contribution in [0.25, 0.3) is 0 Å². The minimum Gasteiger partial charge on any atom is -0.207 e. The second-order valence-electron chi connectivity index (χ2n) is 4.49. The Kier molecular flexibility index (Phi) is 4.44. The minimum absolute atomic E-state index is 0.116. The van der Waals surface area contributed by atoms with E-state index in [-0.39, 0.29) is 11.7 Å². The van der Waals surface area contributed by atoms with Crippen LogP contribution in [0.1, 0.15) is 32.1 Å². The standard InChI is InChI=1S/C14H16FNS/c15-12-6-4-7-13(9-12)17-14-8-3-1-2-5-11(14)10-16/h4,6-7,9,11,14H,1-3,5,8H2. The molecule has 1 saturated carbocycles. The zero-order chi connectivity index (χ0) is 12.1. The summed E-state index contributed by atoms with van der Waals surface area (Å²) in [6.45, 7) is 0. The van der Waals surface area contributed by atoms with E-state index >= 15 is 0 Å². The van der Waals surface area contributed by atoms with Gasteiger partial charge >= 0.3 is 0 Å². The number of halogens is 1. The Morgan fingerprint density at radius 2 is 2.06 bits per heavy atom. The van der Waals surface area contributed by atoms with Crippen molar-refractivity contribution < 1.29 is 4.39 Å². The fourth-order valence-electron chi connectivity index (χ4n) is 2.28. The normalized spacial score (nSPS) is 24.9. The van der Waals surface area contributed by atoms with E-state index < -0.39 is 0 Å². The lowest BCUT2D eigenvalue weighted by atomic mass is 10.0. The molecule has 2 atom stereocenters. The molecule has 1 aromatic rings. The third-order valence-corrected chi connectivity index (χ3v) is 4.60. The zero-order valence-corrected chi connectivity index (χ0v) is 10.5. The van der Waals surface area contributed by atoms with Gasteiger partial charge in [-0.1, -0.05) is 25.3 Å². The lowest BCUT2D eigenvalue weighted by Crippen LogP contribution is -2.13. The number of hydrogen-bond donors (Lipinski definition) is 0. The zero-order valence-electron chi connectivity index (χ0n) is 9.73. The van der Waals surface area contributed by atoms with Crippen LogP contribution in [0, 0.1) is 23.1 Å². The third-order valence-electron chi connectivity index (χ3n) is 3.20. The van der Waals surface area contributed by atoms with Crippen molar-refractivity contribution in [3.8, 4) is 6.07 Å². The van der Waals surface area contributed by atoms with E-state index in [0.717, 1.165) is 24.2 Å². The highest BCUT2D eigenvalue weighted by molar-refractivity contribution is 8.00. The van der Waals surface area contributed by atoms with E-state index in [1.807, 2.05) is 6.07 Å². The molecule has 0 spiro atoms. The van der Waals surface area contributed by atoms with Crippen LogP contribution < -0.4 is 0 Å². The van der Waals surface area contributed by atoms with Gasteiger partial charge in [-0.2, -0.15) is 5.26 Å². The monoisotopic (exact) mass is 249 g/mol. The molecule has 0 heterocycles. The summed E-state index contributed by atoms with van der Waals surface area (Å²) in [5.74, 6) is -0.0807. The van der Waals surface area contributed by atoms with Crippen molar-refractivity contribution in [3.05, 3.63) is 30.1 Å². The molecule has 1 aromatic carbocycles. The molecule has 2 unspecified atom stereocenters. The predicted molar refractivity (Wildman–Crippen MR) is 68.2 cm³/mol. The number of nitriles is 1. The molecule has 3 heteroatoms. The highest BCUT2D eigenvalue weighted by Crippen LogP contribution is 2.36. The van der Waals surface area contributed by atoms with Gasteiger partial charge in [-0.3, -0.25) is 0 Å². The molecule has 0 bridgehead atoms. The van der Waals surface area contributed by atoms with Crippen molar-refractivity contribution in [1.82, 2.24) is 0 Å². The average Bonchev–Trinajstić information content (AvgIpc) is 2.54. The number of thioether (sulfide) groups is 1. The average molecular weight is 249 g/mol. The Labute approximate surface area is 106 Å². The molecule has 0 aromatic heterocycles. The van der Waals surface area contributed by atoms with E-state index in [4.69, 9.17) is 0 Å². The molecule has 0 radical (unpaired) electrons. The van der Waals surface area contributed by atoms with Crippen LogP contribution in [0.15, 0.2) is 29.2 Å². The summed E-state index contributed by atoms with van der Waals surface area (Å²) in [5, 5.41) is 9.51. The maximum absolute atomic E-state index is 13.1. The van der Waals surface area contributed by atoms with Gasteiger partial charge in [-0.15, -0.1) is 11.8 Å². The Hall–Kier alpha value is -1.01. The van der Waals surface area contributed by atoms with Gasteiger partial charge in [0, 0.05) is 10.1 Å². The summed E-state index contributed by atoms with van der Waals surface area (Å²) in [6.07, 6.45) is 5.62. The quantitative estimate of drug-likeness (QED) is 0.726. The van der Waals surface area contributed by atoms with E-state index in [1.165, 1.54) is 18.9 Å². The van der Waals surface area contributed by atoms with Crippen molar-refractivity contribution in [2.24, 2.45) is 5.92 Å². The van der Waals surface area contributed by atoms with Crippen LogP contribution in [0.3, 0.4) is 0 Å². The minimum atomic E-state index is -0.197. The second-order valence-corrected chi connectivity index (χ2v) is 5.80. The molecule has 1 aliphatic rings. The van der Waals surface area contributed by atoms with Crippen LogP contribution in [-0.4, -0.2) is 5.25 Å². The van der Waals surface area contributed by atoms with E-state index in [9.17, 15) is 9.65 Å². The van der Waals surface area contributed by atoms with Gasteiger partial charge in [0.15, 0.2) is 0 Å². The number of hydrogen-bond acceptors (Lipinski definition) is 2. The first-order chi connectivity index (χ1) is 8.29. The van der Waals surface area contributed by atoms with Gasteiger partial charge in [-0.25, -0.2) is 4.39 Å². The first-order valence-corrected chi connectivity index (χ1v) is 6.99. The van der Waals surface area contributed by atoms with Crippen molar-refractivity contribution in [2.75, 3.05) is 0 Å². The molecule has 2 rings (SSSR count). The van der Waals surface area contributed by atoms with Gasteiger partial charge < -0.3 is 0 Å². The summed E-state index contributed by atoms with van der Waals surface area (Å²) in [6, 6.07) is 9.09. The topological polar surface area (TPSA) is 23.8 Å². The highest BCUT2D eigenvalue weighted by Gasteiger charge is 2.24. The molecule has 1 nitrogen and oxygen atoms in total. The Morgan fingerprint density at radius 1 is 1.24 bits per heavy atom. The van der Waals surface area contributed by atoms with Crippen LogP contribution >= 0.6 is 11.8 Å². The molecule has 90 valence electrons. The van der Waals surface area contributed by atoms with Gasteiger partial charge in [0.2, 0.25) is 0 Å². The van der Waals surface area contributed by atoms with Crippen molar-refractivity contribution >= 4 is 11.8 Å². The summed E-state index contributed by atoms with van der Waals surface area (Å²) in [7, 11) is 0. The molecule has 0 amide bonds. The molecule has 1 aliphatic carbocycles. The first-order valence-electron chi connectivity index (χ1n) is 6.11. The first kappa shape index (κ1) is 12.4. The third kappa shape index (κ3) is 3.47. The number of rotatable bonds is 2. The largest absolute Gasteiger partial charge is 0.207 e. The van der Waals surface area contributed by atoms with Gasteiger partial charge in [0.05, 0.1) is 12.0 Å². The molecule has 1 fully saturated rings. The van der Waals surface area contributed by atoms with E-state index in [1.54, 1.807) is 23.9 Å². The van der Waals surface area contributed by atoms with Crippen LogP contribution in [0.2, 0.25) is 0 Å². The summed E-state index contributed by atoms with van der Waals surface area (Å²) in [5.41, 5.74) is 0. The number of benzene rings is 1. The Balaban J connectivity index is 2.07. The van der Waals surface area contributed by atoms with E-state index in [2.05, 4.69) is 6.07 Å². The smallest absolute Gasteiger partial charge is 0.124 e. The van der Waals surface area contributed by atoms with Crippen molar-refractivity contribution in [3.63, 3.8) is 0 Å². The maximum atomic E-state index is 13.1. The highest BCUT2D eigenvalue weighted by atomic mass is 32.2. The lowest BCUT2D eigenvalue weighted by Gasteiger charge is -2.18. The Morgan fingerprint density at radius 3 is 2.82 bits per heavy atom. The molecule has 0 saturated heterocycles. The fraction of sp³-hybridized carbons (Fsp3) is 0.500. The van der Waals surface area contributed by atoms with Crippen LogP contribution in [-0.2, 0) is 0 Å². The predicted octanol–water partition coefficient (Wildman–Crippen LogP) is 4.39. The van der Waals surface area contributed by atoms with E-state index in [0.29, 0.717) is 5.25 Å². The van der Waals surface area contributed by atoms with Gasteiger partial charge in [0.25, 0.3) is 0 Å². The SMILES string of the molecule is N#CC1CCCCCC1Sc1cccc(F)c1. The summed E-state index contributed by atoms with van der Waals surface area (Å²) >= 11 is 1.66. The van der Waals surface area contributed by atoms with Crippen molar-refractivity contribution in [1.29, 1.82) is 5.26 Å². The van der Waals surface area contributed by atoms with Gasteiger partial charge in [-0.05, 0) is 31.0 Å². The van der Waals surface area contributed by atoms with Crippen LogP contribution in [0.5, 0.6) is 0 Å². The van der Waals surface area contributed by atoms with Crippen molar-refractivity contribution in [2.45, 2.75) is 42.2 Å². The van der Waals surface area contributed by atoms with Crippen LogP contribution in [0.4, 0.5) is 4.39 Å². The molecule has 17 heavy (non-hydrogen) atoms. The summed E-state index contributed by atoms with van der Waals surface area (Å²) < 4.78 is 13.1. The lowest BCUT2D eigenvalue weighted by molar-refractivity contribution is 0.584. The Bertz CT molecular complexity index is 413. The summed E-state index contributed by atoms with van der Waals surface area (Å²) in [4.78, 5) is 0.942. The second kappa shape index (κ2) is 6.07. The fourth-order valence-corrected chi connectivity index (χ4v) is 3.61. The molecule has 0 aliphatic heterocycles. The molecular formula is C14H16FNS. The maximum Gasteiger partial charge on any atom is 0.124 e. The molecular weight excluding hydrogens is 233 g/mol. The number of nitrogens with zero attached hydrogens (tertiary/aromatic N) is 1. The van der Waals surface area contributed by atoms with Gasteiger partial charge in [0.1, 0.15) is 5.82 Å². The molecule has 0 N–H and O–H groups in total.